The van der Waals surface area contributed by atoms with Crippen LogP contribution in [0.3, 0.4) is 0 Å². The molecule has 1 aliphatic rings. The Kier molecular flexibility index (Phi) is 7.02. The number of nitrogens with zero attached hydrogens (tertiary/aromatic N) is 1. The third kappa shape index (κ3) is 5.53. The van der Waals surface area contributed by atoms with Crippen molar-refractivity contribution in [1.82, 2.24) is 4.90 Å². The largest absolute Gasteiger partial charge is 0.493 e. The van der Waals surface area contributed by atoms with Crippen molar-refractivity contribution >= 4 is 15.7 Å². The molecule has 2 aromatic carbocycles. The van der Waals surface area contributed by atoms with Gasteiger partial charge in [0.25, 0.3) is 5.91 Å². The Morgan fingerprint density at radius 2 is 1.77 bits per heavy atom. The first-order valence-electron chi connectivity index (χ1n) is 10.1. The van der Waals surface area contributed by atoms with E-state index < -0.39 is 9.84 Å². The number of ether oxygens (including phenoxy) is 2. The SMILES string of the molecule is COc1ccccc1OCC(=O)N(Cc1ccc(C(C)C)cc1)C1CCS(=O)(=O)C1. The van der Waals surface area contributed by atoms with Crippen LogP contribution < -0.4 is 9.47 Å². The van der Waals surface area contributed by atoms with Crippen LogP contribution in [0.25, 0.3) is 0 Å². The lowest BCUT2D eigenvalue weighted by Gasteiger charge is -2.28. The fourth-order valence-electron chi connectivity index (χ4n) is 3.61. The minimum atomic E-state index is -3.12. The monoisotopic (exact) mass is 431 g/mol. The fourth-order valence-corrected chi connectivity index (χ4v) is 5.34. The minimum absolute atomic E-state index is 0.00250. The average Bonchev–Trinajstić information content (AvgIpc) is 3.10. The summed E-state index contributed by atoms with van der Waals surface area (Å²) in [5.41, 5.74) is 2.19. The molecule has 1 unspecified atom stereocenters. The maximum atomic E-state index is 13.1. The van der Waals surface area contributed by atoms with Gasteiger partial charge in [0.1, 0.15) is 0 Å². The summed E-state index contributed by atoms with van der Waals surface area (Å²) in [6.45, 7) is 4.43. The van der Waals surface area contributed by atoms with E-state index >= 15 is 0 Å². The lowest BCUT2D eigenvalue weighted by molar-refractivity contribution is -0.136. The summed E-state index contributed by atoms with van der Waals surface area (Å²) >= 11 is 0. The molecule has 3 rings (SSSR count). The first-order chi connectivity index (χ1) is 14.3. The number of benzene rings is 2. The van der Waals surface area contributed by atoms with Gasteiger partial charge in [-0.15, -0.1) is 0 Å². The predicted molar refractivity (Wildman–Crippen MR) is 117 cm³/mol. The number of carbonyl (C=O) groups is 1. The summed E-state index contributed by atoms with van der Waals surface area (Å²) in [6, 6.07) is 14.9. The summed E-state index contributed by atoms with van der Waals surface area (Å²) in [5.74, 6) is 1.32. The second-order valence-corrected chi connectivity index (χ2v) is 10.1. The van der Waals surface area contributed by atoms with Gasteiger partial charge in [-0.05, 0) is 35.6 Å². The topological polar surface area (TPSA) is 72.9 Å². The molecular formula is C23H29NO5S. The van der Waals surface area contributed by atoms with Crippen LogP contribution in [0.2, 0.25) is 0 Å². The highest BCUT2D eigenvalue weighted by Gasteiger charge is 2.34. The van der Waals surface area contributed by atoms with Crippen molar-refractivity contribution in [3.63, 3.8) is 0 Å². The molecule has 1 atom stereocenters. The maximum absolute atomic E-state index is 13.1. The van der Waals surface area contributed by atoms with Crippen molar-refractivity contribution in [3.05, 3.63) is 59.7 Å². The summed E-state index contributed by atoms with van der Waals surface area (Å²) in [7, 11) is -1.57. The Morgan fingerprint density at radius 3 is 2.33 bits per heavy atom. The number of carbonyl (C=O) groups excluding carboxylic acids is 1. The standard InChI is InChI=1S/C23H29NO5S/c1-17(2)19-10-8-18(9-11-19)14-24(20-12-13-30(26,27)16-20)23(25)15-29-22-7-5-4-6-21(22)28-3/h4-11,17,20H,12-16H2,1-3H3. The highest BCUT2D eigenvalue weighted by atomic mass is 32.2. The molecule has 1 aliphatic heterocycles. The van der Waals surface area contributed by atoms with Crippen molar-refractivity contribution < 1.29 is 22.7 Å². The van der Waals surface area contributed by atoms with Gasteiger partial charge in [-0.1, -0.05) is 50.2 Å². The second-order valence-electron chi connectivity index (χ2n) is 7.91. The first kappa shape index (κ1) is 22.2. The highest BCUT2D eigenvalue weighted by molar-refractivity contribution is 7.91. The van der Waals surface area contributed by atoms with Gasteiger partial charge in [-0.2, -0.15) is 0 Å². The molecule has 162 valence electrons. The van der Waals surface area contributed by atoms with Crippen LogP contribution in [-0.2, 0) is 21.2 Å². The van der Waals surface area contributed by atoms with Gasteiger partial charge in [0.2, 0.25) is 0 Å². The van der Waals surface area contributed by atoms with Crippen molar-refractivity contribution in [2.75, 3.05) is 25.2 Å². The fraction of sp³-hybridized carbons (Fsp3) is 0.435. The van der Waals surface area contributed by atoms with E-state index in [4.69, 9.17) is 9.47 Å². The number of sulfone groups is 1. The van der Waals surface area contributed by atoms with Crippen LogP contribution in [0.15, 0.2) is 48.5 Å². The van der Waals surface area contributed by atoms with Gasteiger partial charge in [0.15, 0.2) is 27.9 Å². The number of para-hydroxylation sites is 2. The van der Waals surface area contributed by atoms with E-state index in [0.717, 1.165) is 5.56 Å². The molecule has 2 aromatic rings. The Morgan fingerprint density at radius 1 is 1.10 bits per heavy atom. The number of methoxy groups -OCH3 is 1. The quantitative estimate of drug-likeness (QED) is 0.640. The molecule has 1 heterocycles. The normalized spacial score (nSPS) is 17.7. The van der Waals surface area contributed by atoms with Crippen molar-refractivity contribution in [2.24, 2.45) is 0 Å². The summed E-state index contributed by atoms with van der Waals surface area (Å²) in [4.78, 5) is 14.7. The zero-order valence-corrected chi connectivity index (χ0v) is 18.5. The Labute approximate surface area is 178 Å². The third-order valence-electron chi connectivity index (χ3n) is 5.39. The Bertz CT molecular complexity index is 969. The molecule has 7 heteroatoms. The summed E-state index contributed by atoms with van der Waals surface area (Å²) in [5, 5.41) is 0. The van der Waals surface area contributed by atoms with Gasteiger partial charge < -0.3 is 14.4 Å². The Balaban J connectivity index is 1.75. The molecule has 0 radical (unpaired) electrons. The molecule has 1 saturated heterocycles. The molecule has 0 saturated carbocycles. The highest BCUT2D eigenvalue weighted by Crippen LogP contribution is 2.26. The molecule has 0 aromatic heterocycles. The van der Waals surface area contributed by atoms with Gasteiger partial charge in [-0.3, -0.25) is 4.79 Å². The van der Waals surface area contributed by atoms with Crippen molar-refractivity contribution in [1.29, 1.82) is 0 Å². The first-order valence-corrected chi connectivity index (χ1v) is 12.0. The molecule has 30 heavy (non-hydrogen) atoms. The van der Waals surface area contributed by atoms with Crippen LogP contribution in [0, 0.1) is 0 Å². The average molecular weight is 432 g/mol. The number of hydrogen-bond acceptors (Lipinski definition) is 5. The van der Waals surface area contributed by atoms with Crippen LogP contribution in [0.4, 0.5) is 0 Å². The molecule has 1 amide bonds. The summed E-state index contributed by atoms with van der Waals surface area (Å²) < 4.78 is 35.0. The third-order valence-corrected chi connectivity index (χ3v) is 7.14. The van der Waals surface area contributed by atoms with Crippen LogP contribution in [0.5, 0.6) is 11.5 Å². The van der Waals surface area contributed by atoms with E-state index in [1.807, 2.05) is 18.2 Å². The van der Waals surface area contributed by atoms with Gasteiger partial charge in [-0.25, -0.2) is 8.42 Å². The second kappa shape index (κ2) is 9.51. The molecule has 0 aliphatic carbocycles. The van der Waals surface area contributed by atoms with Crippen LogP contribution in [0.1, 0.15) is 37.3 Å². The number of amides is 1. The number of rotatable bonds is 8. The van der Waals surface area contributed by atoms with E-state index in [1.54, 1.807) is 30.2 Å². The van der Waals surface area contributed by atoms with Crippen LogP contribution in [-0.4, -0.2) is 50.5 Å². The van der Waals surface area contributed by atoms with Gasteiger partial charge in [0.05, 0.1) is 18.6 Å². The Hall–Kier alpha value is -2.54. The lowest BCUT2D eigenvalue weighted by atomic mass is 10.0. The number of hydrogen-bond donors (Lipinski definition) is 0. The predicted octanol–water partition coefficient (Wildman–Crippen LogP) is 3.41. The zero-order chi connectivity index (χ0) is 21.7. The molecule has 0 bridgehead atoms. The minimum Gasteiger partial charge on any atom is -0.493 e. The zero-order valence-electron chi connectivity index (χ0n) is 17.7. The lowest BCUT2D eigenvalue weighted by Crippen LogP contribution is -2.43. The molecule has 6 nitrogen and oxygen atoms in total. The van der Waals surface area contributed by atoms with Crippen LogP contribution >= 0.6 is 0 Å². The van der Waals surface area contributed by atoms with Gasteiger partial charge in [0, 0.05) is 12.6 Å². The van der Waals surface area contributed by atoms with E-state index in [0.29, 0.717) is 30.4 Å². The van der Waals surface area contributed by atoms with E-state index in [1.165, 1.54) is 5.56 Å². The molecule has 0 N–H and O–H groups in total. The van der Waals surface area contributed by atoms with Crippen molar-refractivity contribution in [3.8, 4) is 11.5 Å². The molecule has 1 fully saturated rings. The van der Waals surface area contributed by atoms with Crippen molar-refractivity contribution in [2.45, 2.75) is 38.8 Å². The van der Waals surface area contributed by atoms with E-state index in [-0.39, 0.29) is 30.1 Å². The smallest absolute Gasteiger partial charge is 0.261 e. The van der Waals surface area contributed by atoms with E-state index in [9.17, 15) is 13.2 Å². The molecular weight excluding hydrogens is 402 g/mol. The van der Waals surface area contributed by atoms with Gasteiger partial charge >= 0.3 is 0 Å². The maximum Gasteiger partial charge on any atom is 0.261 e. The summed E-state index contributed by atoms with van der Waals surface area (Å²) in [6.07, 6.45) is 0.451. The van der Waals surface area contributed by atoms with E-state index in [2.05, 4.69) is 26.0 Å². The molecule has 0 spiro atoms.